The first-order valence-corrected chi connectivity index (χ1v) is 8.44. The fraction of sp³-hybridized carbons (Fsp3) is 0.500. The van der Waals surface area contributed by atoms with Crippen LogP contribution in [0.4, 0.5) is 5.69 Å². The Balaban J connectivity index is 3.02. The van der Waals surface area contributed by atoms with E-state index >= 15 is 0 Å². The zero-order chi connectivity index (χ0) is 15.2. The molecule has 112 valence electrons. The van der Waals surface area contributed by atoms with Gasteiger partial charge < -0.3 is 11.1 Å². The summed E-state index contributed by atoms with van der Waals surface area (Å²) in [6.07, 6.45) is 1.54. The van der Waals surface area contributed by atoms with Gasteiger partial charge >= 0.3 is 0 Å². The third kappa shape index (κ3) is 4.05. The van der Waals surface area contributed by atoms with Gasteiger partial charge in [-0.25, -0.2) is 8.42 Å². The van der Waals surface area contributed by atoms with Crippen molar-refractivity contribution in [1.82, 2.24) is 0 Å². The van der Waals surface area contributed by atoms with Gasteiger partial charge in [0.25, 0.3) is 0 Å². The Morgan fingerprint density at radius 1 is 1.30 bits per heavy atom. The Bertz CT molecular complexity index is 555. The molecular weight excluding hydrogens is 276 g/mol. The average molecular weight is 298 g/mol. The summed E-state index contributed by atoms with van der Waals surface area (Å²) in [6, 6.07) is 6.44. The normalized spacial score (nSPS) is 12.9. The number of hydrogen-bond donors (Lipinski definition) is 2. The van der Waals surface area contributed by atoms with Crippen molar-refractivity contribution in [3.05, 3.63) is 24.3 Å². The smallest absolute Gasteiger partial charge is 0.228 e. The molecule has 0 aliphatic rings. The van der Waals surface area contributed by atoms with Gasteiger partial charge in [0.15, 0.2) is 9.84 Å². The van der Waals surface area contributed by atoms with Crippen LogP contribution in [0.5, 0.6) is 0 Å². The van der Waals surface area contributed by atoms with Gasteiger partial charge in [-0.1, -0.05) is 32.4 Å². The maximum Gasteiger partial charge on any atom is 0.228 e. The molecule has 0 saturated heterocycles. The van der Waals surface area contributed by atoms with Gasteiger partial charge in [-0.05, 0) is 18.6 Å². The summed E-state index contributed by atoms with van der Waals surface area (Å²) in [5.74, 6) is -0.527. The largest absolute Gasteiger partial charge is 0.330 e. The first-order valence-electron chi connectivity index (χ1n) is 6.79. The van der Waals surface area contributed by atoms with Crippen LogP contribution < -0.4 is 11.1 Å². The number of nitrogens with two attached hydrogens (primary N) is 1. The van der Waals surface area contributed by atoms with Gasteiger partial charge in [-0.3, -0.25) is 4.79 Å². The monoisotopic (exact) mass is 298 g/mol. The molecule has 0 saturated carbocycles. The highest BCUT2D eigenvalue weighted by molar-refractivity contribution is 7.91. The second-order valence-corrected chi connectivity index (χ2v) is 6.86. The average Bonchev–Trinajstić information content (AvgIpc) is 2.45. The van der Waals surface area contributed by atoms with Gasteiger partial charge in [0.1, 0.15) is 0 Å². The van der Waals surface area contributed by atoms with Crippen LogP contribution in [-0.4, -0.2) is 26.6 Å². The molecule has 20 heavy (non-hydrogen) atoms. The van der Waals surface area contributed by atoms with Crippen LogP contribution >= 0.6 is 0 Å². The van der Waals surface area contributed by atoms with Crippen molar-refractivity contribution >= 4 is 21.4 Å². The van der Waals surface area contributed by atoms with Crippen LogP contribution in [0.2, 0.25) is 0 Å². The molecule has 0 heterocycles. The number of nitrogens with one attached hydrogen (secondary N) is 1. The predicted octanol–water partition coefficient (Wildman–Crippen LogP) is 1.79. The lowest BCUT2D eigenvalue weighted by atomic mass is 10.0. The van der Waals surface area contributed by atoms with Crippen LogP contribution in [0.25, 0.3) is 0 Å². The lowest BCUT2D eigenvalue weighted by Crippen LogP contribution is -2.29. The molecule has 0 aliphatic carbocycles. The molecule has 3 N–H and O–H groups in total. The van der Waals surface area contributed by atoms with Crippen molar-refractivity contribution in [2.24, 2.45) is 11.7 Å². The van der Waals surface area contributed by atoms with Crippen molar-refractivity contribution < 1.29 is 13.2 Å². The summed E-state index contributed by atoms with van der Waals surface area (Å²) in [5, 5.41) is 2.69. The minimum atomic E-state index is -3.37. The molecule has 0 aromatic heterocycles. The summed E-state index contributed by atoms with van der Waals surface area (Å²) in [4.78, 5) is 12.3. The highest BCUT2D eigenvalue weighted by Crippen LogP contribution is 2.23. The molecule has 1 aromatic carbocycles. The fourth-order valence-electron chi connectivity index (χ4n) is 1.94. The van der Waals surface area contributed by atoms with E-state index in [2.05, 4.69) is 5.32 Å². The summed E-state index contributed by atoms with van der Waals surface area (Å²) >= 11 is 0. The number of carbonyl (C=O) groups excluding carboxylic acids is 1. The Hall–Kier alpha value is -1.40. The molecule has 1 rings (SSSR count). The van der Waals surface area contributed by atoms with Crippen LogP contribution in [-0.2, 0) is 14.6 Å². The molecule has 0 radical (unpaired) electrons. The Morgan fingerprint density at radius 2 is 1.95 bits per heavy atom. The number of hydrogen-bond acceptors (Lipinski definition) is 4. The summed E-state index contributed by atoms with van der Waals surface area (Å²) < 4.78 is 24.0. The number of amides is 1. The van der Waals surface area contributed by atoms with Gasteiger partial charge in [-0.15, -0.1) is 0 Å². The number of carbonyl (C=O) groups is 1. The van der Waals surface area contributed by atoms with Crippen molar-refractivity contribution in [2.75, 3.05) is 17.6 Å². The second kappa shape index (κ2) is 7.40. The molecular formula is C14H22N2O3S. The molecule has 0 bridgehead atoms. The van der Waals surface area contributed by atoms with E-state index in [-0.39, 0.29) is 29.0 Å². The van der Waals surface area contributed by atoms with E-state index in [9.17, 15) is 13.2 Å². The van der Waals surface area contributed by atoms with Crippen LogP contribution in [0, 0.1) is 5.92 Å². The maximum atomic E-state index is 12.1. The van der Waals surface area contributed by atoms with Crippen LogP contribution in [0.3, 0.4) is 0 Å². The number of anilines is 1. The number of rotatable bonds is 7. The second-order valence-electron chi connectivity index (χ2n) is 4.61. The minimum absolute atomic E-state index is 0.00480. The molecule has 1 aromatic rings. The fourth-order valence-corrected chi connectivity index (χ4v) is 2.99. The summed E-state index contributed by atoms with van der Waals surface area (Å²) in [6.45, 7) is 3.81. The maximum absolute atomic E-state index is 12.1. The Morgan fingerprint density at radius 3 is 2.50 bits per heavy atom. The Kier molecular flexibility index (Phi) is 6.16. The lowest BCUT2D eigenvalue weighted by molar-refractivity contribution is -0.119. The van der Waals surface area contributed by atoms with Crippen LogP contribution in [0.15, 0.2) is 29.2 Å². The van der Waals surface area contributed by atoms with E-state index in [1.165, 1.54) is 6.07 Å². The summed E-state index contributed by atoms with van der Waals surface area (Å²) in [5.41, 5.74) is 5.91. The lowest BCUT2D eigenvalue weighted by Gasteiger charge is -2.16. The van der Waals surface area contributed by atoms with E-state index in [0.717, 1.165) is 6.42 Å². The zero-order valence-corrected chi connectivity index (χ0v) is 12.7. The predicted molar refractivity (Wildman–Crippen MR) is 80.3 cm³/mol. The minimum Gasteiger partial charge on any atom is -0.330 e. The number of para-hydroxylation sites is 1. The van der Waals surface area contributed by atoms with E-state index in [4.69, 9.17) is 5.73 Å². The highest BCUT2D eigenvalue weighted by Gasteiger charge is 2.20. The quantitative estimate of drug-likeness (QED) is 0.803. The van der Waals surface area contributed by atoms with Gasteiger partial charge in [0.05, 0.1) is 22.3 Å². The number of sulfone groups is 1. The third-order valence-electron chi connectivity index (χ3n) is 3.15. The number of benzene rings is 1. The molecule has 6 heteroatoms. The van der Waals surface area contributed by atoms with E-state index < -0.39 is 9.84 Å². The van der Waals surface area contributed by atoms with Crippen molar-refractivity contribution in [3.63, 3.8) is 0 Å². The standard InChI is InChI=1S/C14H22N2O3S/c1-3-7-11(10-15)14(17)16-12-8-5-6-9-13(12)20(18,19)4-2/h5-6,8-9,11H,3-4,7,10,15H2,1-2H3,(H,16,17). The molecule has 0 fully saturated rings. The van der Waals surface area contributed by atoms with Gasteiger partial charge in [-0.2, -0.15) is 0 Å². The summed E-state index contributed by atoms with van der Waals surface area (Å²) in [7, 11) is -3.37. The van der Waals surface area contributed by atoms with Gasteiger partial charge in [0, 0.05) is 6.54 Å². The molecule has 1 unspecified atom stereocenters. The molecule has 5 nitrogen and oxygen atoms in total. The zero-order valence-electron chi connectivity index (χ0n) is 11.9. The Labute approximate surface area is 120 Å². The molecule has 0 spiro atoms. The molecule has 0 aliphatic heterocycles. The SMILES string of the molecule is CCCC(CN)C(=O)Nc1ccccc1S(=O)(=O)CC. The third-order valence-corrected chi connectivity index (χ3v) is 4.94. The highest BCUT2D eigenvalue weighted by atomic mass is 32.2. The van der Waals surface area contributed by atoms with Crippen LogP contribution in [0.1, 0.15) is 26.7 Å². The first kappa shape index (κ1) is 16.7. The van der Waals surface area contributed by atoms with Crippen molar-refractivity contribution in [1.29, 1.82) is 0 Å². The molecule has 1 amide bonds. The van der Waals surface area contributed by atoms with Crippen molar-refractivity contribution in [2.45, 2.75) is 31.6 Å². The van der Waals surface area contributed by atoms with Gasteiger partial charge in [0.2, 0.25) is 5.91 Å². The topological polar surface area (TPSA) is 89.3 Å². The van der Waals surface area contributed by atoms with E-state index in [1.807, 2.05) is 6.92 Å². The van der Waals surface area contributed by atoms with E-state index in [0.29, 0.717) is 12.1 Å². The molecule has 1 atom stereocenters. The first-order chi connectivity index (χ1) is 9.46. The van der Waals surface area contributed by atoms with Crippen molar-refractivity contribution in [3.8, 4) is 0 Å². The van der Waals surface area contributed by atoms with E-state index in [1.54, 1.807) is 25.1 Å².